The van der Waals surface area contributed by atoms with Gasteiger partial charge in [0.2, 0.25) is 0 Å². The second-order valence-electron chi connectivity index (χ2n) is 5.24. The van der Waals surface area contributed by atoms with Gasteiger partial charge in [-0.1, -0.05) is 12.1 Å². The lowest BCUT2D eigenvalue weighted by Gasteiger charge is -2.09. The van der Waals surface area contributed by atoms with E-state index in [4.69, 9.17) is 4.74 Å². The summed E-state index contributed by atoms with van der Waals surface area (Å²) in [7, 11) is 0. The predicted molar refractivity (Wildman–Crippen MR) is 92.5 cm³/mol. The number of rotatable bonds is 6. The van der Waals surface area contributed by atoms with Crippen molar-refractivity contribution in [3.05, 3.63) is 59.7 Å². The fourth-order valence-electron chi connectivity index (χ4n) is 1.89. The monoisotopic (exact) mass is 315 g/mol. The molecule has 1 amide bonds. The number of amides is 1. The normalized spacial score (nSPS) is 10.7. The summed E-state index contributed by atoms with van der Waals surface area (Å²) in [6.07, 6.45) is 2.23. The minimum Gasteiger partial charge on any atom is -0.374 e. The molecule has 0 heterocycles. The average Bonchev–Trinajstić information content (AvgIpc) is 2.54. The van der Waals surface area contributed by atoms with Gasteiger partial charge in [-0.3, -0.25) is 4.79 Å². The summed E-state index contributed by atoms with van der Waals surface area (Å²) in [6, 6.07) is 15.3. The highest BCUT2D eigenvalue weighted by atomic mass is 32.2. The molecule has 0 unspecified atom stereocenters. The molecular weight excluding hydrogens is 294 g/mol. The second-order valence-corrected chi connectivity index (χ2v) is 6.12. The Balaban J connectivity index is 1.96. The standard InChI is InChI=1S/C18H21NO2S/c1-13(2)21-12-14-4-6-15(7-5-14)18(20)19-16-8-10-17(22-3)11-9-16/h4-11,13H,12H2,1-3H3,(H,19,20). The number of benzene rings is 2. The molecule has 2 aromatic carbocycles. The topological polar surface area (TPSA) is 38.3 Å². The molecule has 2 aromatic rings. The van der Waals surface area contributed by atoms with Gasteiger partial charge in [0.25, 0.3) is 5.91 Å². The molecule has 0 bridgehead atoms. The Morgan fingerprint density at radius 1 is 1.09 bits per heavy atom. The van der Waals surface area contributed by atoms with Crippen LogP contribution in [0.1, 0.15) is 29.8 Å². The largest absolute Gasteiger partial charge is 0.374 e. The van der Waals surface area contributed by atoms with Gasteiger partial charge in [0.15, 0.2) is 0 Å². The maximum atomic E-state index is 12.2. The van der Waals surface area contributed by atoms with Crippen LogP contribution in [0.25, 0.3) is 0 Å². The molecule has 0 radical (unpaired) electrons. The molecule has 22 heavy (non-hydrogen) atoms. The number of hydrogen-bond donors (Lipinski definition) is 1. The molecule has 0 aliphatic heterocycles. The number of anilines is 1. The van der Waals surface area contributed by atoms with E-state index in [1.807, 2.05) is 68.6 Å². The summed E-state index contributed by atoms with van der Waals surface area (Å²) in [5.41, 5.74) is 2.51. The lowest BCUT2D eigenvalue weighted by Crippen LogP contribution is -2.11. The first-order valence-corrected chi connectivity index (χ1v) is 8.47. The van der Waals surface area contributed by atoms with Gasteiger partial charge < -0.3 is 10.1 Å². The maximum absolute atomic E-state index is 12.2. The average molecular weight is 315 g/mol. The van der Waals surface area contributed by atoms with Crippen molar-refractivity contribution in [2.45, 2.75) is 31.5 Å². The summed E-state index contributed by atoms with van der Waals surface area (Å²) in [5.74, 6) is -0.103. The lowest BCUT2D eigenvalue weighted by molar-refractivity contribution is 0.0657. The number of hydrogen-bond acceptors (Lipinski definition) is 3. The van der Waals surface area contributed by atoms with Gasteiger partial charge in [-0.2, -0.15) is 0 Å². The fourth-order valence-corrected chi connectivity index (χ4v) is 2.30. The Labute approximate surface area is 136 Å². The highest BCUT2D eigenvalue weighted by Gasteiger charge is 2.06. The van der Waals surface area contributed by atoms with Crippen LogP contribution in [0.2, 0.25) is 0 Å². The van der Waals surface area contributed by atoms with E-state index >= 15 is 0 Å². The van der Waals surface area contributed by atoms with Crippen LogP contribution in [-0.2, 0) is 11.3 Å². The van der Waals surface area contributed by atoms with Gasteiger partial charge in [-0.25, -0.2) is 0 Å². The summed E-state index contributed by atoms with van der Waals surface area (Å²) < 4.78 is 5.54. The van der Waals surface area contributed by atoms with Crippen LogP contribution in [-0.4, -0.2) is 18.3 Å². The van der Waals surface area contributed by atoms with Crippen molar-refractivity contribution < 1.29 is 9.53 Å². The molecule has 3 nitrogen and oxygen atoms in total. The van der Waals surface area contributed by atoms with Gasteiger partial charge in [-0.15, -0.1) is 11.8 Å². The van der Waals surface area contributed by atoms with E-state index in [-0.39, 0.29) is 12.0 Å². The zero-order valence-electron chi connectivity index (χ0n) is 13.1. The summed E-state index contributed by atoms with van der Waals surface area (Å²) in [5, 5.41) is 2.90. The van der Waals surface area contributed by atoms with Gasteiger partial charge in [0.05, 0.1) is 12.7 Å². The number of carbonyl (C=O) groups is 1. The first-order valence-electron chi connectivity index (χ1n) is 7.24. The third-order valence-corrected chi connectivity index (χ3v) is 3.89. The molecule has 0 spiro atoms. The van der Waals surface area contributed by atoms with Crippen LogP contribution in [0.4, 0.5) is 5.69 Å². The molecule has 2 rings (SSSR count). The minimum absolute atomic E-state index is 0.103. The van der Waals surface area contributed by atoms with E-state index in [1.54, 1.807) is 11.8 Å². The molecule has 0 aliphatic carbocycles. The van der Waals surface area contributed by atoms with Gasteiger partial charge >= 0.3 is 0 Å². The van der Waals surface area contributed by atoms with Gasteiger partial charge in [0, 0.05) is 16.1 Å². The molecule has 0 aromatic heterocycles. The maximum Gasteiger partial charge on any atom is 0.255 e. The van der Waals surface area contributed by atoms with Crippen molar-refractivity contribution in [1.29, 1.82) is 0 Å². The zero-order valence-corrected chi connectivity index (χ0v) is 13.9. The van der Waals surface area contributed by atoms with Crippen LogP contribution in [0, 0.1) is 0 Å². The van der Waals surface area contributed by atoms with E-state index in [0.29, 0.717) is 12.2 Å². The van der Waals surface area contributed by atoms with Crippen molar-refractivity contribution in [2.75, 3.05) is 11.6 Å². The lowest BCUT2D eigenvalue weighted by atomic mass is 10.1. The van der Waals surface area contributed by atoms with E-state index in [2.05, 4.69) is 5.32 Å². The number of carbonyl (C=O) groups excluding carboxylic acids is 1. The number of ether oxygens (including phenoxy) is 1. The quantitative estimate of drug-likeness (QED) is 0.793. The Hall–Kier alpha value is -1.78. The fraction of sp³-hybridized carbons (Fsp3) is 0.278. The SMILES string of the molecule is CSc1ccc(NC(=O)c2ccc(COC(C)C)cc2)cc1. The molecule has 1 N–H and O–H groups in total. The van der Waals surface area contributed by atoms with E-state index in [0.717, 1.165) is 11.3 Å². The predicted octanol–water partition coefficient (Wildman–Crippen LogP) is 4.59. The Morgan fingerprint density at radius 3 is 2.27 bits per heavy atom. The third kappa shape index (κ3) is 4.90. The molecule has 4 heteroatoms. The molecule has 0 atom stereocenters. The molecule has 0 fully saturated rings. The van der Waals surface area contributed by atoms with E-state index in [9.17, 15) is 4.79 Å². The molecule has 0 aliphatic rings. The molecule has 0 saturated carbocycles. The van der Waals surface area contributed by atoms with Crippen LogP contribution >= 0.6 is 11.8 Å². The van der Waals surface area contributed by atoms with Crippen LogP contribution in [0.5, 0.6) is 0 Å². The van der Waals surface area contributed by atoms with Crippen molar-refractivity contribution in [3.8, 4) is 0 Å². The van der Waals surface area contributed by atoms with Crippen LogP contribution in [0.15, 0.2) is 53.4 Å². The third-order valence-electron chi connectivity index (χ3n) is 3.15. The minimum atomic E-state index is -0.103. The first kappa shape index (κ1) is 16.6. The Kier molecular flexibility index (Phi) is 6.04. The van der Waals surface area contributed by atoms with Gasteiger partial charge in [-0.05, 0) is 62.1 Å². The summed E-state index contributed by atoms with van der Waals surface area (Å²) in [6.45, 7) is 4.57. The van der Waals surface area contributed by atoms with Crippen LogP contribution in [0.3, 0.4) is 0 Å². The van der Waals surface area contributed by atoms with Crippen molar-refractivity contribution >= 4 is 23.4 Å². The van der Waals surface area contributed by atoms with Crippen LogP contribution < -0.4 is 5.32 Å². The number of nitrogens with one attached hydrogen (secondary N) is 1. The Morgan fingerprint density at radius 2 is 1.73 bits per heavy atom. The smallest absolute Gasteiger partial charge is 0.255 e. The van der Waals surface area contributed by atoms with Crippen molar-refractivity contribution in [1.82, 2.24) is 0 Å². The van der Waals surface area contributed by atoms with E-state index < -0.39 is 0 Å². The zero-order chi connectivity index (χ0) is 15.9. The Bertz CT molecular complexity index is 606. The highest BCUT2D eigenvalue weighted by molar-refractivity contribution is 7.98. The number of thioether (sulfide) groups is 1. The summed E-state index contributed by atoms with van der Waals surface area (Å²) in [4.78, 5) is 13.4. The molecule has 0 saturated heterocycles. The summed E-state index contributed by atoms with van der Waals surface area (Å²) >= 11 is 1.68. The second kappa shape index (κ2) is 8.01. The first-order chi connectivity index (χ1) is 10.6. The van der Waals surface area contributed by atoms with Crippen molar-refractivity contribution in [2.24, 2.45) is 0 Å². The highest BCUT2D eigenvalue weighted by Crippen LogP contribution is 2.18. The van der Waals surface area contributed by atoms with Gasteiger partial charge in [0.1, 0.15) is 0 Å². The molecular formula is C18H21NO2S. The van der Waals surface area contributed by atoms with E-state index in [1.165, 1.54) is 4.90 Å². The van der Waals surface area contributed by atoms with Crippen molar-refractivity contribution in [3.63, 3.8) is 0 Å². The molecule has 116 valence electrons.